The first-order chi connectivity index (χ1) is 13.3. The molecular formula is C21H20N6. The second-order valence-electron chi connectivity index (χ2n) is 6.78. The van der Waals surface area contributed by atoms with Crippen LogP contribution >= 0.6 is 0 Å². The first kappa shape index (κ1) is 15.9. The van der Waals surface area contributed by atoms with Crippen molar-refractivity contribution >= 4 is 16.9 Å². The molecular weight excluding hydrogens is 336 g/mol. The van der Waals surface area contributed by atoms with Gasteiger partial charge in [-0.25, -0.2) is 14.6 Å². The fourth-order valence-electron chi connectivity index (χ4n) is 3.53. The van der Waals surface area contributed by atoms with Gasteiger partial charge in [0.15, 0.2) is 5.82 Å². The van der Waals surface area contributed by atoms with Crippen LogP contribution in [0.1, 0.15) is 17.2 Å². The van der Waals surface area contributed by atoms with Crippen molar-refractivity contribution < 1.29 is 0 Å². The van der Waals surface area contributed by atoms with E-state index in [1.807, 2.05) is 41.2 Å². The van der Waals surface area contributed by atoms with Crippen molar-refractivity contribution in [2.75, 3.05) is 18.0 Å². The standard InChI is InChI=1S/C21H20N6/c1-2-6-16(7-3-1)14-19-24-20-10-11-26(12-13-27(20)25-19)21-15-22-17-8-4-5-9-18(17)23-21/h1-9,15H,10-14H2. The molecule has 1 aliphatic heterocycles. The summed E-state index contributed by atoms with van der Waals surface area (Å²) in [5.41, 5.74) is 3.10. The average molecular weight is 356 g/mol. The molecule has 0 amide bonds. The Morgan fingerprint density at radius 3 is 2.52 bits per heavy atom. The molecule has 1 aliphatic rings. The molecule has 0 N–H and O–H groups in total. The van der Waals surface area contributed by atoms with Crippen LogP contribution in [0.4, 0.5) is 5.82 Å². The number of benzene rings is 2. The van der Waals surface area contributed by atoms with E-state index in [-0.39, 0.29) is 0 Å². The van der Waals surface area contributed by atoms with Crippen LogP contribution in [0.25, 0.3) is 11.0 Å². The van der Waals surface area contributed by atoms with Crippen molar-refractivity contribution in [2.45, 2.75) is 19.4 Å². The molecule has 0 radical (unpaired) electrons. The molecule has 5 rings (SSSR count). The van der Waals surface area contributed by atoms with Gasteiger partial charge >= 0.3 is 0 Å². The summed E-state index contributed by atoms with van der Waals surface area (Å²) in [5, 5.41) is 4.73. The van der Waals surface area contributed by atoms with E-state index in [0.29, 0.717) is 0 Å². The van der Waals surface area contributed by atoms with Gasteiger partial charge in [-0.2, -0.15) is 5.10 Å². The maximum absolute atomic E-state index is 4.77. The molecule has 4 aromatic rings. The van der Waals surface area contributed by atoms with E-state index in [4.69, 9.17) is 15.1 Å². The van der Waals surface area contributed by atoms with E-state index < -0.39 is 0 Å². The SMILES string of the molecule is c1ccc(Cc2nc3n(n2)CCN(c2cnc4ccccc4n2)CC3)cc1. The molecule has 134 valence electrons. The van der Waals surface area contributed by atoms with Gasteiger partial charge in [0.05, 0.1) is 23.8 Å². The fraction of sp³-hybridized carbons (Fsp3) is 0.238. The number of rotatable bonds is 3. The van der Waals surface area contributed by atoms with Crippen LogP contribution in [0, 0.1) is 0 Å². The third-order valence-electron chi connectivity index (χ3n) is 4.94. The highest BCUT2D eigenvalue weighted by atomic mass is 15.4. The lowest BCUT2D eigenvalue weighted by molar-refractivity contribution is 0.603. The molecule has 3 heterocycles. The van der Waals surface area contributed by atoms with E-state index in [1.54, 1.807) is 0 Å². The summed E-state index contributed by atoms with van der Waals surface area (Å²) in [7, 11) is 0. The Balaban J connectivity index is 1.33. The van der Waals surface area contributed by atoms with Crippen molar-refractivity contribution in [2.24, 2.45) is 0 Å². The third-order valence-corrected chi connectivity index (χ3v) is 4.94. The zero-order valence-corrected chi connectivity index (χ0v) is 15.0. The van der Waals surface area contributed by atoms with Crippen molar-refractivity contribution in [3.05, 3.63) is 78.0 Å². The van der Waals surface area contributed by atoms with Crippen LogP contribution < -0.4 is 4.90 Å². The second kappa shape index (κ2) is 6.79. The van der Waals surface area contributed by atoms with Crippen LogP contribution in [0.2, 0.25) is 0 Å². The summed E-state index contributed by atoms with van der Waals surface area (Å²) in [6.07, 6.45) is 3.50. The number of aromatic nitrogens is 5. The molecule has 0 bridgehead atoms. The van der Waals surface area contributed by atoms with Gasteiger partial charge in [0.2, 0.25) is 0 Å². The van der Waals surface area contributed by atoms with Gasteiger partial charge < -0.3 is 4.90 Å². The number of hydrogen-bond acceptors (Lipinski definition) is 5. The topological polar surface area (TPSA) is 59.7 Å². The number of fused-ring (bicyclic) bond motifs is 2. The third kappa shape index (κ3) is 3.26. The highest BCUT2D eigenvalue weighted by Crippen LogP contribution is 2.18. The average Bonchev–Trinajstić information content (AvgIpc) is 2.99. The number of anilines is 1. The van der Waals surface area contributed by atoms with Crippen LogP contribution in [0.5, 0.6) is 0 Å². The van der Waals surface area contributed by atoms with E-state index >= 15 is 0 Å². The van der Waals surface area contributed by atoms with Crippen molar-refractivity contribution in [3.63, 3.8) is 0 Å². The predicted molar refractivity (Wildman–Crippen MR) is 105 cm³/mol. The molecule has 0 spiro atoms. The van der Waals surface area contributed by atoms with Gasteiger partial charge in [-0.3, -0.25) is 4.98 Å². The monoisotopic (exact) mass is 356 g/mol. The minimum Gasteiger partial charge on any atom is -0.353 e. The lowest BCUT2D eigenvalue weighted by atomic mass is 10.1. The normalized spacial score (nSPS) is 14.1. The molecule has 27 heavy (non-hydrogen) atoms. The Kier molecular flexibility index (Phi) is 4.01. The van der Waals surface area contributed by atoms with Crippen molar-refractivity contribution in [3.8, 4) is 0 Å². The highest BCUT2D eigenvalue weighted by molar-refractivity contribution is 5.75. The Bertz CT molecular complexity index is 1050. The molecule has 0 saturated carbocycles. The maximum atomic E-state index is 4.77. The zero-order valence-electron chi connectivity index (χ0n) is 15.0. The summed E-state index contributed by atoms with van der Waals surface area (Å²) >= 11 is 0. The van der Waals surface area contributed by atoms with Crippen LogP contribution in [0.3, 0.4) is 0 Å². The molecule has 0 fully saturated rings. The Labute approximate surface area is 157 Å². The molecule has 6 nitrogen and oxygen atoms in total. The summed E-state index contributed by atoms with van der Waals surface area (Å²) in [6.45, 7) is 2.54. The fourth-order valence-corrected chi connectivity index (χ4v) is 3.53. The van der Waals surface area contributed by atoms with Gasteiger partial charge in [0.1, 0.15) is 11.6 Å². The minimum absolute atomic E-state index is 0.778. The smallest absolute Gasteiger partial charge is 0.155 e. The highest BCUT2D eigenvalue weighted by Gasteiger charge is 2.19. The summed E-state index contributed by atoms with van der Waals surface area (Å²) in [4.78, 5) is 16.4. The van der Waals surface area contributed by atoms with Gasteiger partial charge in [-0.05, 0) is 17.7 Å². The summed E-state index contributed by atoms with van der Waals surface area (Å²) < 4.78 is 2.05. The summed E-state index contributed by atoms with van der Waals surface area (Å²) in [5.74, 6) is 2.87. The minimum atomic E-state index is 0.778. The first-order valence-electron chi connectivity index (χ1n) is 9.28. The van der Waals surface area contributed by atoms with Crippen LogP contribution in [0.15, 0.2) is 60.8 Å². The molecule has 2 aromatic carbocycles. The first-order valence-corrected chi connectivity index (χ1v) is 9.28. The molecule has 0 atom stereocenters. The van der Waals surface area contributed by atoms with E-state index in [0.717, 1.165) is 61.0 Å². The van der Waals surface area contributed by atoms with Crippen LogP contribution in [-0.4, -0.2) is 37.8 Å². The Hall–Kier alpha value is -3.28. The molecule has 6 heteroatoms. The van der Waals surface area contributed by atoms with Gasteiger partial charge in [-0.15, -0.1) is 0 Å². The molecule has 0 unspecified atom stereocenters. The predicted octanol–water partition coefficient (Wildman–Crippen LogP) is 2.87. The molecule has 0 aliphatic carbocycles. The van der Waals surface area contributed by atoms with E-state index in [2.05, 4.69) is 34.1 Å². The quantitative estimate of drug-likeness (QED) is 0.565. The van der Waals surface area contributed by atoms with Crippen LogP contribution in [-0.2, 0) is 19.4 Å². The van der Waals surface area contributed by atoms with Crippen molar-refractivity contribution in [1.82, 2.24) is 24.7 Å². The summed E-state index contributed by atoms with van der Waals surface area (Å²) in [6, 6.07) is 18.4. The van der Waals surface area contributed by atoms with E-state index in [9.17, 15) is 0 Å². The lowest BCUT2D eigenvalue weighted by Gasteiger charge is -2.20. The molecule has 2 aromatic heterocycles. The maximum Gasteiger partial charge on any atom is 0.155 e. The van der Waals surface area contributed by atoms with Gasteiger partial charge in [0, 0.05) is 25.9 Å². The van der Waals surface area contributed by atoms with E-state index in [1.165, 1.54) is 5.56 Å². The largest absolute Gasteiger partial charge is 0.353 e. The lowest BCUT2D eigenvalue weighted by Crippen LogP contribution is -2.27. The van der Waals surface area contributed by atoms with Gasteiger partial charge in [0.25, 0.3) is 0 Å². The number of para-hydroxylation sites is 2. The van der Waals surface area contributed by atoms with Crippen molar-refractivity contribution in [1.29, 1.82) is 0 Å². The molecule has 0 saturated heterocycles. The number of hydrogen-bond donors (Lipinski definition) is 0. The zero-order chi connectivity index (χ0) is 18.1. The Morgan fingerprint density at radius 2 is 1.63 bits per heavy atom. The second-order valence-corrected chi connectivity index (χ2v) is 6.78. The Morgan fingerprint density at radius 1 is 0.815 bits per heavy atom. The number of nitrogens with zero attached hydrogens (tertiary/aromatic N) is 6. The van der Waals surface area contributed by atoms with Gasteiger partial charge in [-0.1, -0.05) is 42.5 Å².